The highest BCUT2D eigenvalue weighted by Crippen LogP contribution is 2.30. The fraction of sp³-hybridized carbons (Fsp3) is 0.0500. The van der Waals surface area contributed by atoms with E-state index in [9.17, 15) is 9.18 Å². The molecule has 2 heterocycles. The number of ether oxygens (including phenoxy) is 1. The number of halogens is 2. The fourth-order valence-electron chi connectivity index (χ4n) is 2.41. The van der Waals surface area contributed by atoms with Gasteiger partial charge in [0.15, 0.2) is 6.61 Å². The number of hydrazone groups is 1. The normalized spacial score (nSPS) is 11.2. The third kappa shape index (κ3) is 4.79. The van der Waals surface area contributed by atoms with Crippen LogP contribution in [0, 0.1) is 5.82 Å². The van der Waals surface area contributed by atoms with Gasteiger partial charge in [-0.1, -0.05) is 29.0 Å². The number of hydrogen-bond donors (Lipinski definition) is 0. The van der Waals surface area contributed by atoms with E-state index in [1.54, 1.807) is 36.5 Å². The van der Waals surface area contributed by atoms with Crippen molar-refractivity contribution in [2.24, 2.45) is 5.10 Å². The Morgan fingerprint density at radius 1 is 1.24 bits per heavy atom. The maximum absolute atomic E-state index is 13.5. The van der Waals surface area contributed by atoms with Crippen molar-refractivity contribution in [2.45, 2.75) is 0 Å². The molecule has 1 amide bonds. The van der Waals surface area contributed by atoms with E-state index in [0.29, 0.717) is 26.1 Å². The smallest absolute Gasteiger partial charge is 0.287 e. The molecule has 0 saturated carbocycles. The van der Waals surface area contributed by atoms with E-state index in [-0.39, 0.29) is 12.4 Å². The van der Waals surface area contributed by atoms with Gasteiger partial charge in [0.2, 0.25) is 5.13 Å². The molecule has 0 atom stereocenters. The molecular weight excluding hydrogens is 433 g/mol. The lowest BCUT2D eigenvalue weighted by Gasteiger charge is -2.14. The van der Waals surface area contributed by atoms with Crippen LogP contribution >= 0.6 is 34.3 Å². The monoisotopic (exact) mass is 445 g/mol. The number of carbonyl (C=O) groups is 1. The van der Waals surface area contributed by atoms with Crippen LogP contribution < -0.4 is 9.75 Å². The quantitative estimate of drug-likeness (QED) is 0.287. The second-order valence-electron chi connectivity index (χ2n) is 5.82. The predicted octanol–water partition coefficient (Wildman–Crippen LogP) is 5.60. The van der Waals surface area contributed by atoms with Crippen LogP contribution in [-0.4, -0.2) is 23.7 Å². The summed E-state index contributed by atoms with van der Waals surface area (Å²) < 4.78 is 19.7. The zero-order valence-corrected chi connectivity index (χ0v) is 17.2. The van der Waals surface area contributed by atoms with E-state index in [4.69, 9.17) is 16.3 Å². The van der Waals surface area contributed by atoms with Gasteiger partial charge in [-0.25, -0.2) is 9.37 Å². The minimum atomic E-state index is -0.410. The van der Waals surface area contributed by atoms with Gasteiger partial charge in [0.25, 0.3) is 5.91 Å². The number of aromatic nitrogens is 1. The molecule has 0 N–H and O–H groups in total. The van der Waals surface area contributed by atoms with Gasteiger partial charge in [0, 0.05) is 9.90 Å². The number of hydrogen-bond acceptors (Lipinski definition) is 6. The van der Waals surface area contributed by atoms with E-state index in [1.165, 1.54) is 39.8 Å². The van der Waals surface area contributed by atoms with Crippen molar-refractivity contribution in [2.75, 3.05) is 11.6 Å². The molecule has 0 fully saturated rings. The predicted molar refractivity (Wildman–Crippen MR) is 116 cm³/mol. The Bertz CT molecular complexity index is 1160. The Hall–Kier alpha value is -2.81. The third-order valence-corrected chi connectivity index (χ3v) is 5.83. The first-order valence-electron chi connectivity index (χ1n) is 8.43. The lowest BCUT2D eigenvalue weighted by atomic mass is 10.3. The minimum Gasteiger partial charge on any atom is -0.484 e. The van der Waals surface area contributed by atoms with Gasteiger partial charge < -0.3 is 4.74 Å². The molecule has 0 aliphatic heterocycles. The number of fused-ring (bicyclic) bond motifs is 1. The second kappa shape index (κ2) is 8.69. The highest BCUT2D eigenvalue weighted by Gasteiger charge is 2.20. The van der Waals surface area contributed by atoms with E-state index in [1.807, 2.05) is 17.5 Å². The number of thiazole rings is 1. The Balaban J connectivity index is 1.59. The molecule has 0 saturated heterocycles. The summed E-state index contributed by atoms with van der Waals surface area (Å²) in [5.74, 6) is -0.262. The topological polar surface area (TPSA) is 54.8 Å². The van der Waals surface area contributed by atoms with E-state index in [2.05, 4.69) is 10.1 Å². The molecule has 146 valence electrons. The summed E-state index contributed by atoms with van der Waals surface area (Å²) >= 11 is 8.53. The Kier molecular flexibility index (Phi) is 5.84. The van der Waals surface area contributed by atoms with E-state index < -0.39 is 5.91 Å². The third-order valence-electron chi connectivity index (χ3n) is 3.78. The van der Waals surface area contributed by atoms with Crippen LogP contribution in [0.3, 0.4) is 0 Å². The summed E-state index contributed by atoms with van der Waals surface area (Å²) in [5.41, 5.74) is 0.592. The van der Waals surface area contributed by atoms with Crippen LogP contribution in [0.2, 0.25) is 5.02 Å². The van der Waals surface area contributed by atoms with Gasteiger partial charge in [-0.3, -0.25) is 4.79 Å². The molecule has 0 aliphatic carbocycles. The standard InChI is InChI=1S/C20H13ClFN3O2S2/c21-13-3-6-15(7-4-13)27-12-19(26)25(23-11-16-2-1-9-28-16)20-24-17-8-5-14(22)10-18(17)29-20/h1-11H,12H2/b23-11+. The summed E-state index contributed by atoms with van der Waals surface area (Å²) in [5, 5.41) is 8.31. The van der Waals surface area contributed by atoms with Crippen molar-refractivity contribution in [3.05, 3.63) is 75.7 Å². The Labute approximate surface area is 178 Å². The first-order valence-corrected chi connectivity index (χ1v) is 10.5. The zero-order chi connectivity index (χ0) is 20.2. The molecule has 2 aromatic heterocycles. The summed E-state index contributed by atoms with van der Waals surface area (Å²) in [7, 11) is 0. The van der Waals surface area contributed by atoms with Crippen molar-refractivity contribution in [3.63, 3.8) is 0 Å². The van der Waals surface area contributed by atoms with Crippen LogP contribution in [0.1, 0.15) is 4.88 Å². The Morgan fingerprint density at radius 3 is 2.83 bits per heavy atom. The average Bonchev–Trinajstić information content (AvgIpc) is 3.37. The van der Waals surface area contributed by atoms with Gasteiger partial charge in [0.05, 0.1) is 16.4 Å². The summed E-state index contributed by atoms with van der Waals surface area (Å²) in [4.78, 5) is 18.1. The lowest BCUT2D eigenvalue weighted by Crippen LogP contribution is -2.30. The van der Waals surface area contributed by atoms with Gasteiger partial charge in [0.1, 0.15) is 11.6 Å². The maximum atomic E-state index is 13.5. The number of anilines is 1. The molecule has 0 unspecified atom stereocenters. The number of rotatable bonds is 6. The van der Waals surface area contributed by atoms with Crippen LogP contribution in [0.5, 0.6) is 5.75 Å². The van der Waals surface area contributed by atoms with Crippen LogP contribution in [0.25, 0.3) is 10.2 Å². The van der Waals surface area contributed by atoms with Gasteiger partial charge in [-0.05, 0) is 53.9 Å². The van der Waals surface area contributed by atoms with E-state index >= 15 is 0 Å². The summed E-state index contributed by atoms with van der Waals surface area (Å²) in [6.07, 6.45) is 1.58. The molecule has 2 aromatic carbocycles. The van der Waals surface area contributed by atoms with E-state index in [0.717, 1.165) is 4.88 Å². The maximum Gasteiger partial charge on any atom is 0.287 e. The molecule has 4 rings (SSSR count). The van der Waals surface area contributed by atoms with Crippen LogP contribution in [0.15, 0.2) is 65.1 Å². The molecule has 5 nitrogen and oxygen atoms in total. The number of nitrogens with zero attached hydrogens (tertiary/aromatic N) is 3. The first kappa shape index (κ1) is 19.5. The van der Waals surface area contributed by atoms with Crippen LogP contribution in [-0.2, 0) is 4.79 Å². The minimum absolute atomic E-state index is 0.242. The Morgan fingerprint density at radius 2 is 2.07 bits per heavy atom. The number of amides is 1. The molecule has 29 heavy (non-hydrogen) atoms. The molecular formula is C20H13ClFN3O2S2. The van der Waals surface area contributed by atoms with Crippen molar-refractivity contribution < 1.29 is 13.9 Å². The van der Waals surface area contributed by atoms with Gasteiger partial charge in [-0.15, -0.1) is 11.3 Å². The lowest BCUT2D eigenvalue weighted by molar-refractivity contribution is -0.120. The van der Waals surface area contributed by atoms with Crippen molar-refractivity contribution in [1.82, 2.24) is 4.98 Å². The van der Waals surface area contributed by atoms with Crippen molar-refractivity contribution in [3.8, 4) is 5.75 Å². The molecule has 0 radical (unpaired) electrons. The highest BCUT2D eigenvalue weighted by molar-refractivity contribution is 7.22. The van der Waals surface area contributed by atoms with Gasteiger partial charge >= 0.3 is 0 Å². The molecule has 0 spiro atoms. The highest BCUT2D eigenvalue weighted by atomic mass is 35.5. The van der Waals surface area contributed by atoms with Crippen LogP contribution in [0.4, 0.5) is 9.52 Å². The van der Waals surface area contributed by atoms with Gasteiger partial charge in [-0.2, -0.15) is 10.1 Å². The molecule has 4 aromatic rings. The largest absolute Gasteiger partial charge is 0.484 e. The molecule has 0 aliphatic rings. The molecule has 9 heteroatoms. The summed E-state index contributed by atoms with van der Waals surface area (Å²) in [6.45, 7) is -0.242. The number of thiophene rings is 1. The van der Waals surface area contributed by atoms with Crippen molar-refractivity contribution >= 4 is 61.7 Å². The molecule has 0 bridgehead atoms. The number of carbonyl (C=O) groups excluding carboxylic acids is 1. The first-order chi connectivity index (χ1) is 14.1. The average molecular weight is 446 g/mol. The summed E-state index contributed by atoms with van der Waals surface area (Å²) in [6, 6.07) is 14.8. The number of benzene rings is 2. The van der Waals surface area contributed by atoms with Crippen molar-refractivity contribution in [1.29, 1.82) is 0 Å². The second-order valence-corrected chi connectivity index (χ2v) is 8.24. The SMILES string of the molecule is O=C(COc1ccc(Cl)cc1)N(/N=C/c1cccs1)c1nc2ccc(F)cc2s1. The fourth-order valence-corrected chi connectivity index (χ4v) is 4.09. The zero-order valence-electron chi connectivity index (χ0n) is 14.8.